The van der Waals surface area contributed by atoms with E-state index in [1.54, 1.807) is 0 Å². The van der Waals surface area contributed by atoms with Gasteiger partial charge in [-0.2, -0.15) is 0 Å². The monoisotopic (exact) mass is 392 g/mol. The first kappa shape index (κ1) is 19.1. The van der Waals surface area contributed by atoms with Gasteiger partial charge in [0.05, 0.1) is 23.3 Å². The summed E-state index contributed by atoms with van der Waals surface area (Å²) in [7, 11) is -2.90. The van der Waals surface area contributed by atoms with Gasteiger partial charge in [0.25, 0.3) is 0 Å². The molecule has 1 aromatic rings. The second kappa shape index (κ2) is 8.39. The van der Waals surface area contributed by atoms with Gasteiger partial charge in [-0.05, 0) is 37.4 Å². The molecule has 0 atom stereocenters. The topological polar surface area (TPSA) is 49.9 Å². The third kappa shape index (κ3) is 4.43. The molecule has 27 heavy (non-hydrogen) atoms. The Morgan fingerprint density at radius 3 is 2.59 bits per heavy atom. The molecule has 2 heterocycles. The second-order valence-electron chi connectivity index (χ2n) is 8.17. The SMILES string of the molecule is O=S(=O)(CCCN1CCN(c2cccc3c2OCC3)CC1)C1CCCCC1. The van der Waals surface area contributed by atoms with Gasteiger partial charge in [-0.1, -0.05) is 31.4 Å². The van der Waals surface area contributed by atoms with Crippen LogP contribution in [-0.2, 0) is 16.3 Å². The van der Waals surface area contributed by atoms with Crippen molar-refractivity contribution >= 4 is 15.5 Å². The summed E-state index contributed by atoms with van der Waals surface area (Å²) in [4.78, 5) is 4.83. The van der Waals surface area contributed by atoms with E-state index in [-0.39, 0.29) is 5.25 Å². The van der Waals surface area contributed by atoms with Gasteiger partial charge in [0.1, 0.15) is 5.75 Å². The van der Waals surface area contributed by atoms with E-state index in [0.717, 1.165) is 83.6 Å². The molecule has 4 rings (SSSR count). The average molecular weight is 393 g/mol. The van der Waals surface area contributed by atoms with E-state index >= 15 is 0 Å². The molecule has 3 aliphatic rings. The van der Waals surface area contributed by atoms with Crippen molar-refractivity contribution in [1.82, 2.24) is 4.90 Å². The van der Waals surface area contributed by atoms with Crippen molar-refractivity contribution in [3.63, 3.8) is 0 Å². The van der Waals surface area contributed by atoms with Crippen LogP contribution >= 0.6 is 0 Å². The van der Waals surface area contributed by atoms with Crippen LogP contribution in [0.1, 0.15) is 44.1 Å². The van der Waals surface area contributed by atoms with Crippen molar-refractivity contribution in [3.8, 4) is 5.75 Å². The van der Waals surface area contributed by atoms with E-state index in [4.69, 9.17) is 4.74 Å². The van der Waals surface area contributed by atoms with Gasteiger partial charge in [-0.25, -0.2) is 8.42 Å². The maximum absolute atomic E-state index is 12.5. The van der Waals surface area contributed by atoms with E-state index in [2.05, 4.69) is 28.0 Å². The summed E-state index contributed by atoms with van der Waals surface area (Å²) in [5.74, 6) is 1.43. The molecule has 0 bridgehead atoms. The van der Waals surface area contributed by atoms with E-state index in [1.807, 2.05) is 0 Å². The van der Waals surface area contributed by atoms with Gasteiger partial charge in [0.15, 0.2) is 9.84 Å². The summed E-state index contributed by atoms with van der Waals surface area (Å²) in [6, 6.07) is 6.46. The quantitative estimate of drug-likeness (QED) is 0.745. The molecule has 1 saturated carbocycles. The minimum Gasteiger partial charge on any atom is -0.491 e. The van der Waals surface area contributed by atoms with Gasteiger partial charge in [-0.15, -0.1) is 0 Å². The number of para-hydroxylation sites is 1. The zero-order chi connectivity index (χ0) is 18.7. The zero-order valence-corrected chi connectivity index (χ0v) is 17.1. The first-order valence-corrected chi connectivity index (χ1v) is 12.3. The Hall–Kier alpha value is -1.27. The minimum atomic E-state index is -2.90. The molecule has 0 spiro atoms. The summed E-state index contributed by atoms with van der Waals surface area (Å²) < 4.78 is 30.9. The normalized spacial score (nSPS) is 21.9. The molecule has 5 nitrogen and oxygen atoms in total. The van der Waals surface area contributed by atoms with Crippen LogP contribution in [0.3, 0.4) is 0 Å². The number of nitrogens with zero attached hydrogens (tertiary/aromatic N) is 2. The van der Waals surface area contributed by atoms with E-state index in [1.165, 1.54) is 17.7 Å². The van der Waals surface area contributed by atoms with Crippen LogP contribution in [0.4, 0.5) is 5.69 Å². The first-order chi connectivity index (χ1) is 13.1. The predicted octanol–water partition coefficient (Wildman–Crippen LogP) is 2.88. The second-order valence-corrected chi connectivity index (χ2v) is 10.6. The maximum atomic E-state index is 12.5. The number of ether oxygens (including phenoxy) is 1. The highest BCUT2D eigenvalue weighted by Gasteiger charge is 2.27. The molecular weight excluding hydrogens is 360 g/mol. The van der Waals surface area contributed by atoms with Crippen molar-refractivity contribution in [2.24, 2.45) is 0 Å². The highest BCUT2D eigenvalue weighted by atomic mass is 32.2. The zero-order valence-electron chi connectivity index (χ0n) is 16.2. The summed E-state index contributed by atoms with van der Waals surface area (Å²) in [5, 5.41) is -0.0664. The Labute approximate surface area is 163 Å². The summed E-state index contributed by atoms with van der Waals surface area (Å²) in [6.45, 7) is 5.63. The number of piperazine rings is 1. The van der Waals surface area contributed by atoms with Crippen molar-refractivity contribution < 1.29 is 13.2 Å². The molecule has 0 radical (unpaired) electrons. The van der Waals surface area contributed by atoms with E-state index in [9.17, 15) is 8.42 Å². The summed E-state index contributed by atoms with van der Waals surface area (Å²) in [6.07, 6.45) is 6.90. The molecule has 1 aromatic carbocycles. The lowest BCUT2D eigenvalue weighted by Gasteiger charge is -2.36. The van der Waals surface area contributed by atoms with E-state index < -0.39 is 9.84 Å². The molecule has 2 aliphatic heterocycles. The summed E-state index contributed by atoms with van der Waals surface area (Å²) in [5.41, 5.74) is 2.55. The van der Waals surface area contributed by atoms with Gasteiger partial charge in [-0.3, -0.25) is 4.90 Å². The number of anilines is 1. The van der Waals surface area contributed by atoms with Gasteiger partial charge >= 0.3 is 0 Å². The standard InChI is InChI=1S/C21H32N2O3S/c24-27(25,19-7-2-1-3-8-19)17-5-11-22-12-14-23(15-13-22)20-9-4-6-18-10-16-26-21(18)20/h4,6,9,19H,1-3,5,7-8,10-17H2. The molecule has 0 N–H and O–H groups in total. The lowest BCUT2D eigenvalue weighted by atomic mass is 10.0. The van der Waals surface area contributed by atoms with Crippen LogP contribution in [0.15, 0.2) is 18.2 Å². The third-order valence-corrected chi connectivity index (χ3v) is 8.71. The third-order valence-electron chi connectivity index (χ3n) is 6.37. The van der Waals surface area contributed by atoms with E-state index in [0.29, 0.717) is 5.75 Å². The largest absolute Gasteiger partial charge is 0.491 e. The molecule has 6 heteroatoms. The fourth-order valence-electron chi connectivity index (χ4n) is 4.74. The van der Waals surface area contributed by atoms with Crippen LogP contribution < -0.4 is 9.64 Å². The number of benzene rings is 1. The van der Waals surface area contributed by atoms with Crippen molar-refractivity contribution in [1.29, 1.82) is 0 Å². The van der Waals surface area contributed by atoms with Crippen LogP contribution in [-0.4, -0.2) is 63.7 Å². The molecule has 1 saturated heterocycles. The number of fused-ring (bicyclic) bond motifs is 1. The van der Waals surface area contributed by atoms with Gasteiger partial charge in [0, 0.05) is 32.6 Å². The molecule has 1 aliphatic carbocycles. The Morgan fingerprint density at radius 1 is 1.04 bits per heavy atom. The van der Waals surface area contributed by atoms with Crippen molar-refractivity contribution in [2.75, 3.05) is 50.0 Å². The highest BCUT2D eigenvalue weighted by molar-refractivity contribution is 7.92. The molecule has 0 aromatic heterocycles. The summed E-state index contributed by atoms with van der Waals surface area (Å²) >= 11 is 0. The fourth-order valence-corrected chi connectivity index (χ4v) is 6.66. The van der Waals surface area contributed by atoms with Gasteiger partial charge < -0.3 is 9.64 Å². The van der Waals surface area contributed by atoms with Crippen LogP contribution in [0.2, 0.25) is 0 Å². The van der Waals surface area contributed by atoms with Crippen LogP contribution in [0.25, 0.3) is 0 Å². The average Bonchev–Trinajstić information content (AvgIpc) is 3.18. The number of rotatable bonds is 6. The van der Waals surface area contributed by atoms with Crippen LogP contribution in [0.5, 0.6) is 5.75 Å². The van der Waals surface area contributed by atoms with Crippen molar-refractivity contribution in [2.45, 2.75) is 50.2 Å². The number of hydrogen-bond acceptors (Lipinski definition) is 5. The highest BCUT2D eigenvalue weighted by Crippen LogP contribution is 2.36. The minimum absolute atomic E-state index is 0.0664. The number of hydrogen-bond donors (Lipinski definition) is 0. The molecule has 0 unspecified atom stereocenters. The lowest BCUT2D eigenvalue weighted by Crippen LogP contribution is -2.47. The Bertz CT molecular complexity index is 736. The van der Waals surface area contributed by atoms with Gasteiger partial charge in [0.2, 0.25) is 0 Å². The predicted molar refractivity (Wildman–Crippen MR) is 110 cm³/mol. The molecule has 2 fully saturated rings. The first-order valence-electron chi connectivity index (χ1n) is 10.6. The Balaban J connectivity index is 1.24. The fraction of sp³-hybridized carbons (Fsp3) is 0.714. The number of sulfone groups is 1. The lowest BCUT2D eigenvalue weighted by molar-refractivity contribution is 0.257. The Morgan fingerprint density at radius 2 is 1.81 bits per heavy atom. The molecule has 0 amide bonds. The Kier molecular flexibility index (Phi) is 5.93. The smallest absolute Gasteiger partial charge is 0.153 e. The maximum Gasteiger partial charge on any atom is 0.153 e. The molecular formula is C21H32N2O3S. The van der Waals surface area contributed by atoms with Crippen LogP contribution in [0, 0.1) is 0 Å². The molecule has 150 valence electrons. The van der Waals surface area contributed by atoms with Crippen molar-refractivity contribution in [3.05, 3.63) is 23.8 Å².